The standard InChI is InChI=1S/C10H15FN2O/c1-7(6-14)8(2)13-9-3-4-12-10(11)5-9/h3-5,7-8,14H,6H2,1-2H3,(H,12,13). The topological polar surface area (TPSA) is 45.1 Å². The largest absolute Gasteiger partial charge is 0.396 e. The molecule has 1 heterocycles. The van der Waals surface area contributed by atoms with E-state index < -0.39 is 5.95 Å². The van der Waals surface area contributed by atoms with Crippen LogP contribution in [0.4, 0.5) is 10.1 Å². The Balaban J connectivity index is 2.60. The lowest BCUT2D eigenvalue weighted by Crippen LogP contribution is -2.26. The monoisotopic (exact) mass is 198 g/mol. The maximum Gasteiger partial charge on any atom is 0.214 e. The molecule has 0 fully saturated rings. The first-order valence-corrected chi connectivity index (χ1v) is 4.62. The molecule has 0 radical (unpaired) electrons. The van der Waals surface area contributed by atoms with E-state index in [1.807, 2.05) is 13.8 Å². The molecule has 0 aliphatic heterocycles. The van der Waals surface area contributed by atoms with Gasteiger partial charge in [-0.05, 0) is 18.9 Å². The Morgan fingerprint density at radius 3 is 2.86 bits per heavy atom. The molecule has 2 atom stereocenters. The number of rotatable bonds is 4. The van der Waals surface area contributed by atoms with E-state index in [-0.39, 0.29) is 18.6 Å². The van der Waals surface area contributed by atoms with Gasteiger partial charge in [0.2, 0.25) is 5.95 Å². The van der Waals surface area contributed by atoms with Crippen molar-refractivity contribution in [3.05, 3.63) is 24.3 Å². The van der Waals surface area contributed by atoms with Crippen LogP contribution in [0.2, 0.25) is 0 Å². The van der Waals surface area contributed by atoms with Gasteiger partial charge in [0.1, 0.15) is 0 Å². The van der Waals surface area contributed by atoms with E-state index in [4.69, 9.17) is 5.11 Å². The Hall–Kier alpha value is -1.16. The van der Waals surface area contributed by atoms with E-state index in [9.17, 15) is 4.39 Å². The molecule has 2 unspecified atom stereocenters. The third-order valence-electron chi connectivity index (χ3n) is 2.26. The number of anilines is 1. The number of hydrogen-bond donors (Lipinski definition) is 2. The van der Waals surface area contributed by atoms with Crippen molar-refractivity contribution in [1.29, 1.82) is 0 Å². The molecular weight excluding hydrogens is 183 g/mol. The van der Waals surface area contributed by atoms with Gasteiger partial charge < -0.3 is 10.4 Å². The normalized spacial score (nSPS) is 14.9. The first-order chi connectivity index (χ1) is 6.63. The van der Waals surface area contributed by atoms with Crippen LogP contribution in [-0.4, -0.2) is 22.7 Å². The fourth-order valence-electron chi connectivity index (χ4n) is 1.06. The summed E-state index contributed by atoms with van der Waals surface area (Å²) >= 11 is 0. The lowest BCUT2D eigenvalue weighted by atomic mass is 10.1. The van der Waals surface area contributed by atoms with E-state index >= 15 is 0 Å². The number of aliphatic hydroxyl groups is 1. The second-order valence-electron chi connectivity index (χ2n) is 3.46. The van der Waals surface area contributed by atoms with Crippen molar-refractivity contribution in [3.63, 3.8) is 0 Å². The molecule has 0 saturated heterocycles. The quantitative estimate of drug-likeness (QED) is 0.723. The lowest BCUT2D eigenvalue weighted by Gasteiger charge is -2.20. The van der Waals surface area contributed by atoms with Crippen molar-refractivity contribution in [3.8, 4) is 0 Å². The van der Waals surface area contributed by atoms with Gasteiger partial charge in [-0.1, -0.05) is 6.92 Å². The van der Waals surface area contributed by atoms with Crippen molar-refractivity contribution < 1.29 is 9.50 Å². The SMILES string of the molecule is CC(CO)C(C)Nc1ccnc(F)c1. The van der Waals surface area contributed by atoms with Gasteiger partial charge in [0.05, 0.1) is 0 Å². The highest BCUT2D eigenvalue weighted by Crippen LogP contribution is 2.12. The predicted octanol–water partition coefficient (Wildman–Crippen LogP) is 1.65. The minimum Gasteiger partial charge on any atom is -0.396 e. The molecule has 0 bridgehead atoms. The summed E-state index contributed by atoms with van der Waals surface area (Å²) in [4.78, 5) is 3.46. The van der Waals surface area contributed by atoms with E-state index in [2.05, 4.69) is 10.3 Å². The fraction of sp³-hybridized carbons (Fsp3) is 0.500. The molecule has 0 aliphatic rings. The third kappa shape index (κ3) is 2.96. The predicted molar refractivity (Wildman–Crippen MR) is 53.5 cm³/mol. The summed E-state index contributed by atoms with van der Waals surface area (Å²) in [6.07, 6.45) is 1.41. The first kappa shape index (κ1) is 10.9. The molecule has 1 aromatic heterocycles. The molecule has 0 spiro atoms. The second kappa shape index (κ2) is 4.91. The lowest BCUT2D eigenvalue weighted by molar-refractivity contribution is 0.226. The van der Waals surface area contributed by atoms with Crippen molar-refractivity contribution in [2.24, 2.45) is 5.92 Å². The summed E-state index contributed by atoms with van der Waals surface area (Å²) in [7, 11) is 0. The van der Waals surface area contributed by atoms with E-state index in [1.54, 1.807) is 6.07 Å². The van der Waals surface area contributed by atoms with Crippen LogP contribution in [-0.2, 0) is 0 Å². The minimum absolute atomic E-state index is 0.0989. The highest BCUT2D eigenvalue weighted by atomic mass is 19.1. The van der Waals surface area contributed by atoms with Gasteiger partial charge in [0.15, 0.2) is 0 Å². The zero-order chi connectivity index (χ0) is 10.6. The highest BCUT2D eigenvalue weighted by molar-refractivity contribution is 5.42. The minimum atomic E-state index is -0.501. The summed E-state index contributed by atoms with van der Waals surface area (Å²) in [6.45, 7) is 3.98. The molecule has 0 aliphatic carbocycles. The maximum atomic E-state index is 12.7. The van der Waals surface area contributed by atoms with Crippen LogP contribution in [0.3, 0.4) is 0 Å². The van der Waals surface area contributed by atoms with Crippen LogP contribution in [0.25, 0.3) is 0 Å². The van der Waals surface area contributed by atoms with Gasteiger partial charge in [-0.3, -0.25) is 0 Å². The summed E-state index contributed by atoms with van der Waals surface area (Å²) < 4.78 is 12.7. The first-order valence-electron chi connectivity index (χ1n) is 4.62. The number of nitrogens with zero attached hydrogens (tertiary/aromatic N) is 1. The zero-order valence-electron chi connectivity index (χ0n) is 8.37. The third-order valence-corrected chi connectivity index (χ3v) is 2.26. The molecule has 3 nitrogen and oxygen atoms in total. The molecule has 1 rings (SSSR count). The Morgan fingerprint density at radius 1 is 1.57 bits per heavy atom. The Bertz CT molecular complexity index is 293. The number of aromatic nitrogens is 1. The average Bonchev–Trinajstić information content (AvgIpc) is 2.16. The van der Waals surface area contributed by atoms with E-state index in [0.29, 0.717) is 5.69 Å². The summed E-state index contributed by atoms with van der Waals surface area (Å²) in [5, 5.41) is 12.0. The maximum absolute atomic E-state index is 12.7. The number of halogens is 1. The molecule has 78 valence electrons. The van der Waals surface area contributed by atoms with Crippen molar-refractivity contribution in [2.75, 3.05) is 11.9 Å². The van der Waals surface area contributed by atoms with Gasteiger partial charge in [-0.2, -0.15) is 4.39 Å². The average molecular weight is 198 g/mol. The highest BCUT2D eigenvalue weighted by Gasteiger charge is 2.10. The summed E-state index contributed by atoms with van der Waals surface area (Å²) in [6, 6.07) is 3.13. The molecule has 0 saturated carbocycles. The van der Waals surface area contributed by atoms with E-state index in [0.717, 1.165) is 0 Å². The van der Waals surface area contributed by atoms with Gasteiger partial charge in [0.25, 0.3) is 0 Å². The van der Waals surface area contributed by atoms with Crippen molar-refractivity contribution in [1.82, 2.24) is 4.98 Å². The van der Waals surface area contributed by atoms with E-state index in [1.165, 1.54) is 12.3 Å². The number of nitrogens with one attached hydrogen (secondary N) is 1. The Kier molecular flexibility index (Phi) is 3.83. The summed E-state index contributed by atoms with van der Waals surface area (Å²) in [5.74, 6) is -0.370. The van der Waals surface area contributed by atoms with Crippen LogP contribution in [0.1, 0.15) is 13.8 Å². The van der Waals surface area contributed by atoms with Crippen LogP contribution >= 0.6 is 0 Å². The molecule has 1 aromatic rings. The fourth-order valence-corrected chi connectivity index (χ4v) is 1.06. The molecule has 0 amide bonds. The number of aliphatic hydroxyl groups excluding tert-OH is 1. The van der Waals surface area contributed by atoms with Crippen molar-refractivity contribution in [2.45, 2.75) is 19.9 Å². The van der Waals surface area contributed by atoms with Crippen LogP contribution < -0.4 is 5.32 Å². The summed E-state index contributed by atoms with van der Waals surface area (Å²) in [5.41, 5.74) is 0.685. The van der Waals surface area contributed by atoms with Crippen LogP contribution in [0.5, 0.6) is 0 Å². The molecule has 2 N–H and O–H groups in total. The molecule has 4 heteroatoms. The molecular formula is C10H15FN2O. The zero-order valence-corrected chi connectivity index (χ0v) is 8.37. The van der Waals surface area contributed by atoms with Gasteiger partial charge in [-0.15, -0.1) is 0 Å². The number of hydrogen-bond acceptors (Lipinski definition) is 3. The second-order valence-corrected chi connectivity index (χ2v) is 3.46. The van der Waals surface area contributed by atoms with Gasteiger partial charge in [0, 0.05) is 30.6 Å². The Morgan fingerprint density at radius 2 is 2.29 bits per heavy atom. The van der Waals surface area contributed by atoms with Gasteiger partial charge in [-0.25, -0.2) is 4.98 Å². The van der Waals surface area contributed by atoms with Crippen LogP contribution in [0, 0.1) is 11.9 Å². The molecule has 0 aromatic carbocycles. The van der Waals surface area contributed by atoms with Crippen molar-refractivity contribution >= 4 is 5.69 Å². The van der Waals surface area contributed by atoms with Crippen LogP contribution in [0.15, 0.2) is 18.3 Å². The Labute approximate surface area is 83.0 Å². The van der Waals surface area contributed by atoms with Gasteiger partial charge >= 0.3 is 0 Å². The molecule has 14 heavy (non-hydrogen) atoms. The number of pyridine rings is 1. The smallest absolute Gasteiger partial charge is 0.214 e.